The normalized spacial score (nSPS) is 14.8. The largest absolute Gasteiger partial charge is 0.354 e. The van der Waals surface area contributed by atoms with Crippen molar-refractivity contribution < 1.29 is 4.79 Å². The molecule has 0 spiro atoms. The first kappa shape index (κ1) is 17.5. The summed E-state index contributed by atoms with van der Waals surface area (Å²) < 4.78 is 2.96. The third kappa shape index (κ3) is 4.38. The molecule has 1 saturated carbocycles. The molecule has 6 heteroatoms. The minimum atomic E-state index is -0.168. The molecule has 1 aliphatic rings. The van der Waals surface area contributed by atoms with Crippen LogP contribution in [0, 0.1) is 5.92 Å². The van der Waals surface area contributed by atoms with E-state index in [0.717, 1.165) is 17.9 Å². The summed E-state index contributed by atoms with van der Waals surface area (Å²) in [6.07, 6.45) is 6.69. The fourth-order valence-corrected chi connectivity index (χ4v) is 3.50. The second-order valence-electron chi connectivity index (χ2n) is 6.79. The van der Waals surface area contributed by atoms with Crippen molar-refractivity contribution in [3.63, 3.8) is 0 Å². The van der Waals surface area contributed by atoms with E-state index in [0.29, 0.717) is 25.3 Å². The maximum atomic E-state index is 12.3. The van der Waals surface area contributed by atoms with Crippen LogP contribution in [0.1, 0.15) is 38.5 Å². The molecule has 1 aliphatic carbocycles. The molecule has 2 aromatic rings. The molecule has 25 heavy (non-hydrogen) atoms. The lowest BCUT2D eigenvalue weighted by Crippen LogP contribution is -2.31. The van der Waals surface area contributed by atoms with Crippen LogP contribution in [0.2, 0.25) is 0 Å². The fourth-order valence-electron chi connectivity index (χ4n) is 3.50. The molecular weight excluding hydrogens is 316 g/mol. The molecule has 3 rings (SSSR count). The minimum absolute atomic E-state index is 0.0687. The summed E-state index contributed by atoms with van der Waals surface area (Å²) in [4.78, 5) is 24.2. The van der Waals surface area contributed by atoms with Crippen LogP contribution < -0.4 is 11.0 Å². The average molecular weight is 342 g/mol. The smallest absolute Gasteiger partial charge is 0.345 e. The number of carbonyl (C=O) groups is 1. The summed E-state index contributed by atoms with van der Waals surface area (Å²) in [6, 6.07) is 9.63. The number of rotatable bonds is 7. The van der Waals surface area contributed by atoms with Crippen molar-refractivity contribution in [3.8, 4) is 11.4 Å². The number of carbonyl (C=O) groups excluding carboxylic acids is 1. The van der Waals surface area contributed by atoms with Gasteiger partial charge >= 0.3 is 5.69 Å². The topological polar surface area (TPSA) is 68.9 Å². The molecule has 134 valence electrons. The quantitative estimate of drug-likeness (QED) is 0.840. The first-order valence-electron chi connectivity index (χ1n) is 9.11. The van der Waals surface area contributed by atoms with Crippen LogP contribution >= 0.6 is 0 Å². The van der Waals surface area contributed by atoms with Gasteiger partial charge in [0.05, 0.1) is 6.54 Å². The maximum Gasteiger partial charge on any atom is 0.345 e. The molecule has 1 fully saturated rings. The molecular formula is C19H26N4O2. The van der Waals surface area contributed by atoms with E-state index in [1.165, 1.54) is 34.9 Å². The SMILES string of the molecule is Cn1c(-c2ccccc2)nn(CCNC(=O)CCC2CCCC2)c1=O. The average Bonchev–Trinajstić information content (AvgIpc) is 3.24. The third-order valence-corrected chi connectivity index (χ3v) is 4.97. The van der Waals surface area contributed by atoms with E-state index in [4.69, 9.17) is 0 Å². The van der Waals surface area contributed by atoms with Crippen LogP contribution in [0.3, 0.4) is 0 Å². The Morgan fingerprint density at radius 1 is 1.24 bits per heavy atom. The lowest BCUT2D eigenvalue weighted by molar-refractivity contribution is -0.121. The van der Waals surface area contributed by atoms with Gasteiger partial charge in [-0.05, 0) is 12.3 Å². The highest BCUT2D eigenvalue weighted by Gasteiger charge is 2.16. The van der Waals surface area contributed by atoms with Gasteiger partial charge < -0.3 is 5.32 Å². The lowest BCUT2D eigenvalue weighted by Gasteiger charge is -2.08. The minimum Gasteiger partial charge on any atom is -0.354 e. The van der Waals surface area contributed by atoms with Crippen LogP contribution in [0.15, 0.2) is 35.1 Å². The molecule has 0 saturated heterocycles. The molecule has 1 aromatic carbocycles. The molecule has 1 amide bonds. The molecule has 1 N–H and O–H groups in total. The van der Waals surface area contributed by atoms with Crippen LogP contribution in [0.5, 0.6) is 0 Å². The number of amides is 1. The number of hydrogen-bond acceptors (Lipinski definition) is 3. The molecule has 0 aliphatic heterocycles. The Balaban J connectivity index is 1.51. The lowest BCUT2D eigenvalue weighted by atomic mass is 10.0. The third-order valence-electron chi connectivity index (χ3n) is 4.97. The van der Waals surface area contributed by atoms with Gasteiger partial charge in [-0.2, -0.15) is 0 Å². The van der Waals surface area contributed by atoms with E-state index in [-0.39, 0.29) is 11.6 Å². The Bertz CT molecular complexity index is 757. The van der Waals surface area contributed by atoms with Gasteiger partial charge in [-0.25, -0.2) is 9.48 Å². The van der Waals surface area contributed by atoms with Gasteiger partial charge in [-0.15, -0.1) is 5.10 Å². The Morgan fingerprint density at radius 3 is 2.68 bits per heavy atom. The zero-order valence-corrected chi connectivity index (χ0v) is 14.8. The van der Waals surface area contributed by atoms with Gasteiger partial charge in [0.1, 0.15) is 0 Å². The van der Waals surface area contributed by atoms with Crippen LogP contribution in [-0.2, 0) is 18.4 Å². The second kappa shape index (κ2) is 8.14. The van der Waals surface area contributed by atoms with Gasteiger partial charge in [-0.3, -0.25) is 9.36 Å². The van der Waals surface area contributed by atoms with E-state index >= 15 is 0 Å². The van der Waals surface area contributed by atoms with E-state index in [1.54, 1.807) is 7.05 Å². The van der Waals surface area contributed by atoms with Crippen LogP contribution in [-0.4, -0.2) is 26.8 Å². The van der Waals surface area contributed by atoms with Crippen molar-refractivity contribution >= 4 is 5.91 Å². The Hall–Kier alpha value is -2.37. The van der Waals surface area contributed by atoms with Crippen molar-refractivity contribution in [1.82, 2.24) is 19.7 Å². The van der Waals surface area contributed by atoms with E-state index < -0.39 is 0 Å². The molecule has 6 nitrogen and oxygen atoms in total. The number of nitrogens with zero attached hydrogens (tertiary/aromatic N) is 3. The van der Waals surface area contributed by atoms with Crippen molar-refractivity contribution in [3.05, 3.63) is 40.8 Å². The molecule has 1 aromatic heterocycles. The number of aromatic nitrogens is 3. The van der Waals surface area contributed by atoms with Crippen molar-refractivity contribution in [2.45, 2.75) is 45.1 Å². The highest BCUT2D eigenvalue weighted by atomic mass is 16.2. The predicted octanol–water partition coefficient (Wildman–Crippen LogP) is 2.34. The summed E-state index contributed by atoms with van der Waals surface area (Å²) in [5.74, 6) is 1.43. The number of hydrogen-bond donors (Lipinski definition) is 1. The van der Waals surface area contributed by atoms with Crippen LogP contribution in [0.25, 0.3) is 11.4 Å². The summed E-state index contributed by atoms with van der Waals surface area (Å²) in [5.41, 5.74) is 0.737. The van der Waals surface area contributed by atoms with Gasteiger partial charge in [0.15, 0.2) is 5.82 Å². The summed E-state index contributed by atoms with van der Waals surface area (Å²) in [7, 11) is 1.72. The zero-order valence-electron chi connectivity index (χ0n) is 14.8. The van der Waals surface area contributed by atoms with Crippen molar-refractivity contribution in [1.29, 1.82) is 0 Å². The number of nitrogens with one attached hydrogen (secondary N) is 1. The molecule has 0 bridgehead atoms. The summed E-state index contributed by atoms with van der Waals surface area (Å²) >= 11 is 0. The van der Waals surface area contributed by atoms with E-state index in [2.05, 4.69) is 10.4 Å². The molecule has 0 unspecified atom stereocenters. The zero-order chi connectivity index (χ0) is 17.6. The van der Waals surface area contributed by atoms with Gasteiger partial charge in [0.2, 0.25) is 5.91 Å². The van der Waals surface area contributed by atoms with Crippen molar-refractivity contribution in [2.24, 2.45) is 13.0 Å². The summed E-state index contributed by atoms with van der Waals surface area (Å²) in [6.45, 7) is 0.809. The Labute approximate surface area is 147 Å². The molecule has 0 radical (unpaired) electrons. The fraction of sp³-hybridized carbons (Fsp3) is 0.526. The summed E-state index contributed by atoms with van der Waals surface area (Å²) in [5, 5.41) is 7.30. The Kier molecular flexibility index (Phi) is 5.68. The Morgan fingerprint density at radius 2 is 1.96 bits per heavy atom. The van der Waals surface area contributed by atoms with Gasteiger partial charge in [0.25, 0.3) is 0 Å². The second-order valence-corrected chi connectivity index (χ2v) is 6.79. The first-order chi connectivity index (χ1) is 12.1. The molecule has 0 atom stereocenters. The van der Waals surface area contributed by atoms with Gasteiger partial charge in [-0.1, -0.05) is 56.0 Å². The van der Waals surface area contributed by atoms with Crippen molar-refractivity contribution in [2.75, 3.05) is 6.54 Å². The van der Waals surface area contributed by atoms with E-state index in [1.807, 2.05) is 30.3 Å². The van der Waals surface area contributed by atoms with Crippen LogP contribution in [0.4, 0.5) is 0 Å². The highest BCUT2D eigenvalue weighted by molar-refractivity contribution is 5.75. The highest BCUT2D eigenvalue weighted by Crippen LogP contribution is 2.28. The monoisotopic (exact) mass is 342 g/mol. The number of benzene rings is 1. The van der Waals surface area contributed by atoms with E-state index in [9.17, 15) is 9.59 Å². The maximum absolute atomic E-state index is 12.3. The predicted molar refractivity (Wildman–Crippen MR) is 97.1 cm³/mol. The first-order valence-corrected chi connectivity index (χ1v) is 9.11. The van der Waals surface area contributed by atoms with Gasteiger partial charge in [0, 0.05) is 25.6 Å². The molecule has 1 heterocycles. The standard InChI is InChI=1S/C19H26N4O2/c1-22-18(16-9-3-2-4-10-16)21-23(19(22)25)14-13-20-17(24)12-11-15-7-5-6-8-15/h2-4,9-10,15H,5-8,11-14H2,1H3,(H,20,24).